The lowest BCUT2D eigenvalue weighted by Crippen LogP contribution is -2.28. The van der Waals surface area contributed by atoms with Crippen LogP contribution in [-0.2, 0) is 30.7 Å². The Morgan fingerprint density at radius 1 is 0.571 bits per heavy atom. The summed E-state index contributed by atoms with van der Waals surface area (Å²) in [7, 11) is 0. The maximum Gasteiger partial charge on any atom is 0.317 e. The van der Waals surface area contributed by atoms with E-state index in [2.05, 4.69) is 16.9 Å². The summed E-state index contributed by atoms with van der Waals surface area (Å²) in [6.07, 6.45) is 1.38. The van der Waals surface area contributed by atoms with Crippen molar-refractivity contribution in [3.05, 3.63) is 179 Å². The van der Waals surface area contributed by atoms with E-state index in [9.17, 15) is 9.90 Å². The van der Waals surface area contributed by atoms with Crippen LogP contribution in [0.25, 0.3) is 22.9 Å². The van der Waals surface area contributed by atoms with Crippen molar-refractivity contribution in [2.24, 2.45) is 0 Å². The molecule has 2 aromatic heterocycles. The molecule has 0 spiro atoms. The van der Waals surface area contributed by atoms with E-state index in [1.54, 1.807) is 0 Å². The molecule has 286 valence electrons. The second-order valence-corrected chi connectivity index (χ2v) is 13.5. The van der Waals surface area contributed by atoms with Crippen LogP contribution in [0.4, 0.5) is 0 Å². The second kappa shape index (κ2) is 19.8. The Balaban J connectivity index is 0.000000208. The van der Waals surface area contributed by atoms with E-state index in [1.807, 2.05) is 158 Å². The highest BCUT2D eigenvalue weighted by Gasteiger charge is 2.14. The number of rotatable bonds is 16. The van der Waals surface area contributed by atoms with Gasteiger partial charge < -0.3 is 23.4 Å². The molecule has 7 rings (SSSR count). The van der Waals surface area contributed by atoms with Crippen molar-refractivity contribution in [2.75, 3.05) is 19.8 Å². The van der Waals surface area contributed by atoms with E-state index < -0.39 is 5.97 Å². The molecule has 0 radical (unpaired) electrons. The summed E-state index contributed by atoms with van der Waals surface area (Å²) >= 11 is 0. The molecule has 0 bridgehead atoms. The Labute approximate surface area is 328 Å². The molecule has 1 N–H and O–H groups in total. The number of aryl methyl sites for hydroxylation is 3. The van der Waals surface area contributed by atoms with E-state index in [0.717, 1.165) is 63.1 Å². The summed E-state index contributed by atoms with van der Waals surface area (Å²) < 4.78 is 23.2. The van der Waals surface area contributed by atoms with Crippen LogP contribution >= 0.6 is 0 Å². The number of carboxylic acid groups (broad SMARTS) is 1. The molecule has 2 heterocycles. The van der Waals surface area contributed by atoms with Gasteiger partial charge in [0.15, 0.2) is 0 Å². The maximum absolute atomic E-state index is 11.3. The van der Waals surface area contributed by atoms with E-state index >= 15 is 0 Å². The number of aliphatic carboxylic acids is 1. The average Bonchev–Trinajstić information content (AvgIpc) is 3.78. The molecular formula is C47H47N3O6. The van der Waals surface area contributed by atoms with E-state index in [-0.39, 0.29) is 6.54 Å². The highest BCUT2D eigenvalue weighted by Crippen LogP contribution is 2.24. The van der Waals surface area contributed by atoms with Gasteiger partial charge in [-0.1, -0.05) is 96.6 Å². The van der Waals surface area contributed by atoms with Crippen molar-refractivity contribution < 1.29 is 28.2 Å². The number of nitrogens with zero attached hydrogens (tertiary/aromatic N) is 3. The summed E-state index contributed by atoms with van der Waals surface area (Å²) in [5.41, 5.74) is 7.14. The first-order valence-corrected chi connectivity index (χ1v) is 18.7. The zero-order chi connectivity index (χ0) is 39.1. The van der Waals surface area contributed by atoms with Crippen molar-refractivity contribution in [1.29, 1.82) is 0 Å². The van der Waals surface area contributed by atoms with Crippen LogP contribution < -0.4 is 9.47 Å². The van der Waals surface area contributed by atoms with Crippen LogP contribution in [0.1, 0.15) is 39.6 Å². The van der Waals surface area contributed by atoms with Gasteiger partial charge in [-0.05, 0) is 80.4 Å². The minimum Gasteiger partial charge on any atom is -0.493 e. The van der Waals surface area contributed by atoms with Gasteiger partial charge >= 0.3 is 5.97 Å². The molecule has 9 heteroatoms. The van der Waals surface area contributed by atoms with Gasteiger partial charge in [0, 0.05) is 37.1 Å². The molecule has 0 saturated carbocycles. The summed E-state index contributed by atoms with van der Waals surface area (Å²) in [6, 6.07) is 45.5. The molecule has 0 aliphatic heterocycles. The molecule has 0 atom stereocenters. The van der Waals surface area contributed by atoms with E-state index in [1.165, 1.54) is 5.56 Å². The second-order valence-electron chi connectivity index (χ2n) is 13.5. The Kier molecular flexibility index (Phi) is 13.8. The highest BCUT2D eigenvalue weighted by molar-refractivity contribution is 5.69. The Morgan fingerprint density at radius 2 is 0.982 bits per heavy atom. The number of ether oxygens (including phenoxy) is 2. The Morgan fingerprint density at radius 3 is 1.43 bits per heavy atom. The van der Waals surface area contributed by atoms with Crippen LogP contribution in [0.3, 0.4) is 0 Å². The minimum atomic E-state index is -0.838. The monoisotopic (exact) mass is 749 g/mol. The number of hydrogen-bond donors (Lipinski definition) is 1. The molecule has 0 aliphatic rings. The van der Waals surface area contributed by atoms with Crippen LogP contribution in [0.5, 0.6) is 11.5 Å². The smallest absolute Gasteiger partial charge is 0.317 e. The van der Waals surface area contributed by atoms with Crippen LogP contribution in [0, 0.1) is 20.8 Å². The number of benzene rings is 5. The van der Waals surface area contributed by atoms with Gasteiger partial charge in [0.05, 0.1) is 31.1 Å². The number of carboxylic acids is 1. The first-order chi connectivity index (χ1) is 27.3. The summed E-state index contributed by atoms with van der Waals surface area (Å²) in [4.78, 5) is 22.4. The summed E-state index contributed by atoms with van der Waals surface area (Å²) in [6.45, 7) is 8.10. The predicted molar refractivity (Wildman–Crippen MR) is 218 cm³/mol. The van der Waals surface area contributed by atoms with Crippen LogP contribution in [0.2, 0.25) is 0 Å². The molecule has 0 unspecified atom stereocenters. The van der Waals surface area contributed by atoms with Crippen molar-refractivity contribution >= 4 is 5.97 Å². The van der Waals surface area contributed by atoms with Crippen molar-refractivity contribution in [1.82, 2.24) is 14.9 Å². The predicted octanol–water partition coefficient (Wildman–Crippen LogP) is 9.94. The Hall–Kier alpha value is -6.45. The van der Waals surface area contributed by atoms with Crippen molar-refractivity contribution in [3.8, 4) is 34.4 Å². The normalized spacial score (nSPS) is 10.9. The first-order valence-electron chi connectivity index (χ1n) is 18.7. The SMILES string of the molecule is Cc1ccc(OCCc2nc(-c3ccccc3)oc2C)cc1.Cc1oc(-c2ccccc2)nc1CCOc1ccc(CN(CC(=O)O)Cc2ccccc2)cc1. The van der Waals surface area contributed by atoms with Crippen molar-refractivity contribution in [3.63, 3.8) is 0 Å². The number of carbonyl (C=O) groups is 1. The van der Waals surface area contributed by atoms with Gasteiger partial charge in [-0.25, -0.2) is 9.97 Å². The lowest BCUT2D eigenvalue weighted by Gasteiger charge is -2.20. The minimum absolute atomic E-state index is 0.0187. The molecule has 5 aromatic carbocycles. The highest BCUT2D eigenvalue weighted by atomic mass is 16.5. The topological polar surface area (TPSA) is 111 Å². The summed E-state index contributed by atoms with van der Waals surface area (Å²) in [5.74, 6) is 3.76. The molecular weight excluding hydrogens is 703 g/mol. The lowest BCUT2D eigenvalue weighted by molar-refractivity contribution is -0.138. The fraction of sp³-hybridized carbons (Fsp3) is 0.213. The largest absolute Gasteiger partial charge is 0.493 e. The lowest BCUT2D eigenvalue weighted by atomic mass is 10.1. The zero-order valence-corrected chi connectivity index (χ0v) is 32.1. The fourth-order valence-corrected chi connectivity index (χ4v) is 6.04. The molecule has 56 heavy (non-hydrogen) atoms. The quantitative estimate of drug-likeness (QED) is 0.103. The molecule has 0 fully saturated rings. The van der Waals surface area contributed by atoms with Crippen molar-refractivity contribution in [2.45, 2.75) is 46.7 Å². The Bertz CT molecular complexity index is 2230. The third-order valence-electron chi connectivity index (χ3n) is 9.00. The number of aromatic nitrogens is 2. The third kappa shape index (κ3) is 11.8. The van der Waals surface area contributed by atoms with Crippen LogP contribution in [0.15, 0.2) is 148 Å². The van der Waals surface area contributed by atoms with Gasteiger partial charge in [0.2, 0.25) is 11.8 Å². The van der Waals surface area contributed by atoms with Gasteiger partial charge in [-0.3, -0.25) is 9.69 Å². The molecule has 7 aromatic rings. The first kappa shape index (κ1) is 39.2. The van der Waals surface area contributed by atoms with E-state index in [4.69, 9.17) is 18.3 Å². The molecule has 0 saturated heterocycles. The molecule has 0 amide bonds. The van der Waals surface area contributed by atoms with Gasteiger partial charge in [0.1, 0.15) is 23.0 Å². The number of oxazole rings is 2. The van der Waals surface area contributed by atoms with Gasteiger partial charge in [-0.15, -0.1) is 0 Å². The standard InChI is InChI=1S/C28H28N2O4.C19H19NO2/c1-21-26(29-28(34-21)24-10-6-3-7-11-24)16-17-33-25-14-12-23(13-15-25)19-30(20-27(31)32)18-22-8-4-2-5-9-22;1-14-8-10-17(11-9-14)21-13-12-18-15(2)22-19(20-18)16-6-4-3-5-7-16/h2-15H,16-20H2,1H3,(H,31,32);3-11H,12-13H2,1-2H3. The fourth-order valence-electron chi connectivity index (χ4n) is 6.04. The average molecular weight is 750 g/mol. The van der Waals surface area contributed by atoms with Crippen LogP contribution in [-0.4, -0.2) is 45.7 Å². The number of hydrogen-bond acceptors (Lipinski definition) is 8. The zero-order valence-electron chi connectivity index (χ0n) is 32.1. The van der Waals surface area contributed by atoms with E-state index in [0.29, 0.717) is 44.5 Å². The van der Waals surface area contributed by atoms with Gasteiger partial charge in [0.25, 0.3) is 0 Å². The summed E-state index contributed by atoms with van der Waals surface area (Å²) in [5, 5.41) is 9.29. The molecule has 9 nitrogen and oxygen atoms in total. The maximum atomic E-state index is 11.3. The third-order valence-corrected chi connectivity index (χ3v) is 9.00. The molecule has 0 aliphatic carbocycles. The van der Waals surface area contributed by atoms with Gasteiger partial charge in [-0.2, -0.15) is 0 Å².